The molecule has 1 rings (SSSR count). The molecule has 15 heavy (non-hydrogen) atoms. The molecule has 84 valence electrons. The van der Waals surface area contributed by atoms with Crippen LogP contribution in [0.2, 0.25) is 0 Å². The maximum Gasteiger partial charge on any atom is 0.227 e. The summed E-state index contributed by atoms with van der Waals surface area (Å²) in [5, 5.41) is 11.9. The average Bonchev–Trinajstić information content (AvgIpc) is 2.77. The first kappa shape index (κ1) is 12.0. The number of rotatable bonds is 4. The van der Waals surface area contributed by atoms with E-state index in [9.17, 15) is 4.79 Å². The van der Waals surface area contributed by atoms with E-state index in [2.05, 4.69) is 11.4 Å². The molecule has 2 unspecified atom stereocenters. The fourth-order valence-corrected chi connectivity index (χ4v) is 1.87. The van der Waals surface area contributed by atoms with E-state index in [4.69, 9.17) is 5.26 Å². The minimum atomic E-state index is -0.0803. The zero-order chi connectivity index (χ0) is 11.3. The van der Waals surface area contributed by atoms with Gasteiger partial charge < -0.3 is 10.2 Å². The van der Waals surface area contributed by atoms with Crippen LogP contribution in [0.15, 0.2) is 0 Å². The smallest absolute Gasteiger partial charge is 0.227 e. The molecule has 0 aliphatic carbocycles. The summed E-state index contributed by atoms with van der Waals surface area (Å²) in [6, 6.07) is 2.17. The van der Waals surface area contributed by atoms with Crippen LogP contribution >= 0.6 is 0 Å². The lowest BCUT2D eigenvalue weighted by Crippen LogP contribution is -2.39. The molecule has 1 aliphatic heterocycles. The Kier molecular flexibility index (Phi) is 4.57. The van der Waals surface area contributed by atoms with E-state index in [1.807, 2.05) is 13.8 Å². The quantitative estimate of drug-likeness (QED) is 0.738. The van der Waals surface area contributed by atoms with Crippen LogP contribution in [0.5, 0.6) is 0 Å². The lowest BCUT2D eigenvalue weighted by molar-refractivity contribution is -0.135. The zero-order valence-corrected chi connectivity index (χ0v) is 9.49. The first-order valence-corrected chi connectivity index (χ1v) is 5.58. The SMILES string of the molecule is CCN(CC(C)C#N)C(=O)C1CCNC1. The maximum absolute atomic E-state index is 12.0. The molecule has 1 N–H and O–H groups in total. The van der Waals surface area contributed by atoms with Crippen molar-refractivity contribution in [3.8, 4) is 6.07 Å². The Bertz CT molecular complexity index is 253. The van der Waals surface area contributed by atoms with Crippen molar-refractivity contribution in [1.29, 1.82) is 5.26 Å². The Morgan fingerprint density at radius 3 is 2.93 bits per heavy atom. The van der Waals surface area contributed by atoms with Gasteiger partial charge in [-0.3, -0.25) is 4.79 Å². The number of nitrogens with one attached hydrogen (secondary N) is 1. The second-order valence-corrected chi connectivity index (χ2v) is 4.10. The highest BCUT2D eigenvalue weighted by molar-refractivity contribution is 5.79. The van der Waals surface area contributed by atoms with Crippen molar-refractivity contribution < 1.29 is 4.79 Å². The summed E-state index contributed by atoms with van der Waals surface area (Å²) >= 11 is 0. The van der Waals surface area contributed by atoms with Crippen LogP contribution in [0, 0.1) is 23.2 Å². The summed E-state index contributed by atoms with van der Waals surface area (Å²) in [4.78, 5) is 13.8. The van der Waals surface area contributed by atoms with E-state index >= 15 is 0 Å². The predicted molar refractivity (Wildman–Crippen MR) is 58.0 cm³/mol. The average molecular weight is 209 g/mol. The van der Waals surface area contributed by atoms with Crippen LogP contribution in [-0.2, 0) is 4.79 Å². The Labute approximate surface area is 91.2 Å². The van der Waals surface area contributed by atoms with Crippen molar-refractivity contribution in [2.75, 3.05) is 26.2 Å². The van der Waals surface area contributed by atoms with Gasteiger partial charge in [-0.2, -0.15) is 5.26 Å². The van der Waals surface area contributed by atoms with E-state index in [0.717, 1.165) is 19.5 Å². The van der Waals surface area contributed by atoms with E-state index in [1.54, 1.807) is 4.90 Å². The Morgan fingerprint density at radius 2 is 2.47 bits per heavy atom. The number of carbonyl (C=O) groups excluding carboxylic acids is 1. The first-order valence-electron chi connectivity index (χ1n) is 5.58. The van der Waals surface area contributed by atoms with Crippen LogP contribution in [0.1, 0.15) is 20.3 Å². The number of hydrogen-bond donors (Lipinski definition) is 1. The Hall–Kier alpha value is -1.08. The molecular formula is C11H19N3O. The van der Waals surface area contributed by atoms with Gasteiger partial charge in [0.25, 0.3) is 0 Å². The molecule has 1 amide bonds. The summed E-state index contributed by atoms with van der Waals surface area (Å²) in [5.74, 6) is 0.240. The minimum absolute atomic E-state index is 0.0803. The van der Waals surface area contributed by atoms with Gasteiger partial charge >= 0.3 is 0 Å². The van der Waals surface area contributed by atoms with E-state index in [-0.39, 0.29) is 17.7 Å². The number of carbonyl (C=O) groups is 1. The molecule has 0 aromatic heterocycles. The van der Waals surface area contributed by atoms with Gasteiger partial charge in [0.05, 0.1) is 17.9 Å². The molecule has 4 heteroatoms. The normalized spacial score (nSPS) is 22.1. The molecule has 0 aromatic rings. The van der Waals surface area contributed by atoms with Crippen molar-refractivity contribution in [3.05, 3.63) is 0 Å². The van der Waals surface area contributed by atoms with Gasteiger partial charge in [0, 0.05) is 19.6 Å². The van der Waals surface area contributed by atoms with Crippen LogP contribution in [0.4, 0.5) is 0 Å². The Balaban J connectivity index is 2.50. The standard InChI is InChI=1S/C11H19N3O/c1-3-14(8-9(2)6-12)11(15)10-4-5-13-7-10/h9-10,13H,3-5,7-8H2,1-2H3. The van der Waals surface area contributed by atoms with Gasteiger partial charge in [-0.05, 0) is 26.8 Å². The molecule has 4 nitrogen and oxygen atoms in total. The van der Waals surface area contributed by atoms with Crippen molar-refractivity contribution >= 4 is 5.91 Å². The summed E-state index contributed by atoms with van der Waals surface area (Å²) in [7, 11) is 0. The molecule has 0 aromatic carbocycles. The highest BCUT2D eigenvalue weighted by atomic mass is 16.2. The third-order valence-electron chi connectivity index (χ3n) is 2.82. The predicted octanol–water partition coefficient (Wildman–Crippen LogP) is 0.604. The summed E-state index contributed by atoms with van der Waals surface area (Å²) in [5.41, 5.74) is 0. The van der Waals surface area contributed by atoms with Gasteiger partial charge in [-0.1, -0.05) is 0 Å². The van der Waals surface area contributed by atoms with E-state index in [1.165, 1.54) is 0 Å². The molecule has 0 spiro atoms. The Morgan fingerprint density at radius 1 is 1.73 bits per heavy atom. The molecule has 1 fully saturated rings. The number of nitriles is 1. The number of amides is 1. The molecular weight excluding hydrogens is 190 g/mol. The second-order valence-electron chi connectivity index (χ2n) is 4.10. The van der Waals surface area contributed by atoms with Crippen molar-refractivity contribution in [3.63, 3.8) is 0 Å². The minimum Gasteiger partial charge on any atom is -0.341 e. The van der Waals surface area contributed by atoms with Gasteiger partial charge in [-0.15, -0.1) is 0 Å². The number of hydrogen-bond acceptors (Lipinski definition) is 3. The summed E-state index contributed by atoms with van der Waals surface area (Å²) in [6.07, 6.45) is 0.927. The zero-order valence-electron chi connectivity index (χ0n) is 9.49. The van der Waals surface area contributed by atoms with Crippen molar-refractivity contribution in [1.82, 2.24) is 10.2 Å². The topological polar surface area (TPSA) is 56.1 Å². The molecule has 0 radical (unpaired) electrons. The monoisotopic (exact) mass is 209 g/mol. The highest BCUT2D eigenvalue weighted by Crippen LogP contribution is 2.12. The third kappa shape index (κ3) is 3.21. The van der Waals surface area contributed by atoms with Crippen LogP contribution in [-0.4, -0.2) is 37.0 Å². The fraction of sp³-hybridized carbons (Fsp3) is 0.818. The van der Waals surface area contributed by atoms with Crippen molar-refractivity contribution in [2.24, 2.45) is 11.8 Å². The maximum atomic E-state index is 12.0. The second kappa shape index (κ2) is 5.72. The van der Waals surface area contributed by atoms with Gasteiger partial charge in [0.15, 0.2) is 0 Å². The summed E-state index contributed by atoms with van der Waals surface area (Å²) < 4.78 is 0. The fourth-order valence-electron chi connectivity index (χ4n) is 1.87. The number of nitrogens with zero attached hydrogens (tertiary/aromatic N) is 2. The first-order chi connectivity index (χ1) is 7.19. The van der Waals surface area contributed by atoms with Gasteiger partial charge in [0.1, 0.15) is 0 Å². The van der Waals surface area contributed by atoms with Crippen LogP contribution in [0.25, 0.3) is 0 Å². The molecule has 1 heterocycles. The highest BCUT2D eigenvalue weighted by Gasteiger charge is 2.26. The molecule has 1 saturated heterocycles. The van der Waals surface area contributed by atoms with Gasteiger partial charge in [-0.25, -0.2) is 0 Å². The molecule has 2 atom stereocenters. The lowest BCUT2D eigenvalue weighted by atomic mass is 10.1. The molecule has 1 aliphatic rings. The molecule has 0 bridgehead atoms. The molecule has 0 saturated carbocycles. The van der Waals surface area contributed by atoms with Crippen LogP contribution < -0.4 is 5.32 Å². The lowest BCUT2D eigenvalue weighted by Gasteiger charge is -2.24. The van der Waals surface area contributed by atoms with Crippen molar-refractivity contribution in [2.45, 2.75) is 20.3 Å². The van der Waals surface area contributed by atoms with Crippen LogP contribution in [0.3, 0.4) is 0 Å². The third-order valence-corrected chi connectivity index (χ3v) is 2.82. The van der Waals surface area contributed by atoms with Gasteiger partial charge in [0.2, 0.25) is 5.91 Å². The van der Waals surface area contributed by atoms with E-state index in [0.29, 0.717) is 13.1 Å². The summed E-state index contributed by atoms with van der Waals surface area (Å²) in [6.45, 7) is 6.79. The van der Waals surface area contributed by atoms with E-state index < -0.39 is 0 Å². The largest absolute Gasteiger partial charge is 0.341 e.